The molecule has 0 aromatic heterocycles. The van der Waals surface area contributed by atoms with E-state index in [-0.39, 0.29) is 17.3 Å². The zero-order valence-electron chi connectivity index (χ0n) is 9.22. The van der Waals surface area contributed by atoms with Crippen molar-refractivity contribution >= 4 is 22.5 Å². The summed E-state index contributed by atoms with van der Waals surface area (Å²) in [7, 11) is -4.04. The molecule has 0 unspecified atom stereocenters. The average Bonchev–Trinajstić information content (AvgIpc) is 2.18. The van der Waals surface area contributed by atoms with Gasteiger partial charge in [-0.25, -0.2) is 0 Å². The van der Waals surface area contributed by atoms with E-state index in [0.29, 0.717) is 0 Å². The number of hydrogen-bond donors (Lipinski definition) is 1. The van der Waals surface area contributed by atoms with Crippen LogP contribution in [0.3, 0.4) is 0 Å². The van der Waals surface area contributed by atoms with E-state index in [1.54, 1.807) is 12.1 Å². The molecule has 0 saturated carbocycles. The van der Waals surface area contributed by atoms with E-state index >= 15 is 0 Å². The lowest BCUT2D eigenvalue weighted by atomic mass is 10.1. The van der Waals surface area contributed by atoms with Gasteiger partial charge >= 0.3 is 0 Å². The Morgan fingerprint density at radius 1 is 1.12 bits per heavy atom. The maximum absolute atomic E-state index is 10.8. The number of halogens is 1. The monoisotopic (exact) mass is 264 g/mol. The topological polar surface area (TPSA) is 54.4 Å². The number of rotatable bonds is 5. The molecule has 16 heavy (non-hydrogen) atoms. The molecule has 1 aromatic carbocycles. The summed E-state index contributed by atoms with van der Waals surface area (Å²) in [5, 5.41) is 0. The van der Waals surface area contributed by atoms with Crippen LogP contribution in [-0.4, -0.2) is 13.0 Å². The summed E-state index contributed by atoms with van der Waals surface area (Å²) < 4.78 is 30.3. The van der Waals surface area contributed by atoms with Crippen LogP contribution in [0.25, 0.3) is 0 Å². The largest absolute Gasteiger partial charge is 0.294 e. The summed E-state index contributed by atoms with van der Waals surface area (Å²) in [5.41, 5.74) is 1.11. The van der Waals surface area contributed by atoms with E-state index < -0.39 is 10.1 Å². The number of hydrogen-bond acceptors (Lipinski definition) is 2. The lowest BCUT2D eigenvalue weighted by Gasteiger charge is -2.01. The Morgan fingerprint density at radius 2 is 1.69 bits per heavy atom. The second-order valence-electron chi connectivity index (χ2n) is 3.58. The van der Waals surface area contributed by atoms with Gasteiger partial charge in [-0.15, -0.1) is 12.4 Å². The van der Waals surface area contributed by atoms with Crippen LogP contribution < -0.4 is 0 Å². The molecule has 0 aliphatic carbocycles. The quantitative estimate of drug-likeness (QED) is 0.657. The number of aryl methyl sites for hydroxylation is 1. The first-order chi connectivity index (χ1) is 7.04. The third kappa shape index (κ3) is 4.96. The minimum atomic E-state index is -4.04. The minimum Gasteiger partial charge on any atom is -0.282 e. The normalized spacial score (nSPS) is 10.9. The molecule has 0 heterocycles. The highest BCUT2D eigenvalue weighted by Crippen LogP contribution is 2.12. The molecule has 1 rings (SSSR count). The molecule has 1 aromatic rings. The Hall–Kier alpha value is -0.580. The van der Waals surface area contributed by atoms with Crippen LogP contribution in [0.4, 0.5) is 0 Å². The highest BCUT2D eigenvalue weighted by molar-refractivity contribution is 7.85. The van der Waals surface area contributed by atoms with Crippen molar-refractivity contribution in [2.75, 3.05) is 0 Å². The van der Waals surface area contributed by atoms with Gasteiger partial charge in [0, 0.05) is 0 Å². The lowest BCUT2D eigenvalue weighted by Crippen LogP contribution is -1.97. The Morgan fingerprint density at radius 3 is 2.12 bits per heavy atom. The SMILES string of the molecule is CCCCCc1ccc(S(=O)(=O)O)cc1.Cl. The van der Waals surface area contributed by atoms with Gasteiger partial charge in [0.25, 0.3) is 10.1 Å². The molecule has 0 aliphatic heterocycles. The van der Waals surface area contributed by atoms with Crippen LogP contribution in [0.2, 0.25) is 0 Å². The van der Waals surface area contributed by atoms with Crippen molar-refractivity contribution in [1.82, 2.24) is 0 Å². The van der Waals surface area contributed by atoms with Crippen molar-refractivity contribution < 1.29 is 13.0 Å². The van der Waals surface area contributed by atoms with Crippen LogP contribution in [-0.2, 0) is 16.5 Å². The standard InChI is InChI=1S/C11H16O3S.ClH/c1-2-3-4-5-10-6-8-11(9-7-10)15(12,13)14;/h6-9H,2-5H2,1H3,(H,12,13,14);1H. The molecule has 0 fully saturated rings. The summed E-state index contributed by atoms with van der Waals surface area (Å²) in [4.78, 5) is -0.0401. The average molecular weight is 265 g/mol. The second kappa shape index (κ2) is 6.89. The fourth-order valence-electron chi connectivity index (χ4n) is 1.41. The molecule has 0 bridgehead atoms. The fourth-order valence-corrected chi connectivity index (χ4v) is 1.89. The van der Waals surface area contributed by atoms with Gasteiger partial charge in [0.15, 0.2) is 0 Å². The number of unbranched alkanes of at least 4 members (excludes halogenated alkanes) is 2. The molecule has 0 saturated heterocycles. The van der Waals surface area contributed by atoms with Crippen molar-refractivity contribution in [2.45, 2.75) is 37.5 Å². The maximum atomic E-state index is 10.8. The van der Waals surface area contributed by atoms with Gasteiger partial charge in [0.05, 0.1) is 4.90 Å². The van der Waals surface area contributed by atoms with Crippen LogP contribution in [0.15, 0.2) is 29.2 Å². The molecule has 5 heteroatoms. The van der Waals surface area contributed by atoms with Crippen LogP contribution in [0, 0.1) is 0 Å². The van der Waals surface area contributed by atoms with Gasteiger partial charge in [-0.2, -0.15) is 8.42 Å². The number of benzene rings is 1. The summed E-state index contributed by atoms with van der Waals surface area (Å²) in [6.45, 7) is 2.14. The van der Waals surface area contributed by atoms with Gasteiger partial charge < -0.3 is 0 Å². The zero-order valence-corrected chi connectivity index (χ0v) is 10.9. The molecular formula is C11H17ClO3S. The van der Waals surface area contributed by atoms with E-state index in [4.69, 9.17) is 4.55 Å². The molecular weight excluding hydrogens is 248 g/mol. The minimum absolute atomic E-state index is 0. The van der Waals surface area contributed by atoms with Crippen molar-refractivity contribution in [2.24, 2.45) is 0 Å². The maximum Gasteiger partial charge on any atom is 0.294 e. The van der Waals surface area contributed by atoms with Gasteiger partial charge in [-0.05, 0) is 30.5 Å². The fraction of sp³-hybridized carbons (Fsp3) is 0.455. The predicted octanol–water partition coefficient (Wildman–Crippen LogP) is 3.09. The van der Waals surface area contributed by atoms with Gasteiger partial charge in [0.1, 0.15) is 0 Å². The van der Waals surface area contributed by atoms with Crippen LogP contribution in [0.5, 0.6) is 0 Å². The Labute approximate surface area is 103 Å². The smallest absolute Gasteiger partial charge is 0.282 e. The van der Waals surface area contributed by atoms with Crippen molar-refractivity contribution in [3.63, 3.8) is 0 Å². The van der Waals surface area contributed by atoms with E-state index in [1.165, 1.54) is 25.0 Å². The Bertz CT molecular complexity index is 398. The van der Waals surface area contributed by atoms with Crippen molar-refractivity contribution in [3.8, 4) is 0 Å². The predicted molar refractivity (Wildman–Crippen MR) is 66.7 cm³/mol. The van der Waals surface area contributed by atoms with Gasteiger partial charge in [-0.3, -0.25) is 4.55 Å². The highest BCUT2D eigenvalue weighted by Gasteiger charge is 2.07. The molecule has 0 radical (unpaired) electrons. The Balaban J connectivity index is 0.00000225. The third-order valence-electron chi connectivity index (χ3n) is 2.29. The van der Waals surface area contributed by atoms with Crippen LogP contribution >= 0.6 is 12.4 Å². The first-order valence-electron chi connectivity index (χ1n) is 5.10. The molecule has 92 valence electrons. The molecule has 3 nitrogen and oxygen atoms in total. The van der Waals surface area contributed by atoms with E-state index in [1.807, 2.05) is 0 Å². The first-order valence-corrected chi connectivity index (χ1v) is 6.54. The van der Waals surface area contributed by atoms with Crippen molar-refractivity contribution in [1.29, 1.82) is 0 Å². The van der Waals surface area contributed by atoms with E-state index in [0.717, 1.165) is 18.4 Å². The Kier molecular flexibility index (Phi) is 6.64. The summed E-state index contributed by atoms with van der Waals surface area (Å²) in [5.74, 6) is 0. The lowest BCUT2D eigenvalue weighted by molar-refractivity contribution is 0.483. The second-order valence-corrected chi connectivity index (χ2v) is 5.00. The van der Waals surface area contributed by atoms with Gasteiger partial charge in [-0.1, -0.05) is 31.9 Å². The van der Waals surface area contributed by atoms with Crippen LogP contribution in [0.1, 0.15) is 31.7 Å². The summed E-state index contributed by atoms with van der Waals surface area (Å²) in [6.07, 6.45) is 4.42. The first kappa shape index (κ1) is 15.4. The summed E-state index contributed by atoms with van der Waals surface area (Å²) >= 11 is 0. The highest BCUT2D eigenvalue weighted by atomic mass is 35.5. The van der Waals surface area contributed by atoms with Crippen molar-refractivity contribution in [3.05, 3.63) is 29.8 Å². The van der Waals surface area contributed by atoms with E-state index in [2.05, 4.69) is 6.92 Å². The molecule has 0 spiro atoms. The molecule has 1 N–H and O–H groups in total. The summed E-state index contributed by atoms with van der Waals surface area (Å²) in [6, 6.07) is 6.38. The van der Waals surface area contributed by atoms with E-state index in [9.17, 15) is 8.42 Å². The molecule has 0 amide bonds. The van der Waals surface area contributed by atoms with Gasteiger partial charge in [0.2, 0.25) is 0 Å². The zero-order chi connectivity index (χ0) is 11.3. The third-order valence-corrected chi connectivity index (χ3v) is 3.16. The molecule has 0 atom stereocenters. The molecule has 0 aliphatic rings.